The van der Waals surface area contributed by atoms with E-state index in [4.69, 9.17) is 0 Å². The number of aromatic nitrogens is 4. The Labute approximate surface area is 174 Å². The van der Waals surface area contributed by atoms with E-state index in [2.05, 4.69) is 36.9 Å². The second kappa shape index (κ2) is 7.94. The zero-order valence-electron chi connectivity index (χ0n) is 16.4. The highest BCUT2D eigenvalue weighted by atomic mass is 16.1. The fourth-order valence-electron chi connectivity index (χ4n) is 3.50. The molecule has 0 spiro atoms. The molecule has 1 saturated carbocycles. The van der Waals surface area contributed by atoms with Gasteiger partial charge in [-0.1, -0.05) is 12.1 Å². The van der Waals surface area contributed by atoms with Gasteiger partial charge in [0.2, 0.25) is 0 Å². The van der Waals surface area contributed by atoms with Gasteiger partial charge in [-0.25, -0.2) is 0 Å². The van der Waals surface area contributed by atoms with Crippen molar-refractivity contribution in [1.29, 1.82) is 0 Å². The molecule has 0 saturated heterocycles. The smallest absolute Gasteiger partial charge is 0.254 e. The number of amides is 1. The number of H-pyrrole nitrogens is 1. The summed E-state index contributed by atoms with van der Waals surface area (Å²) in [5, 5.41) is 14.4. The van der Waals surface area contributed by atoms with Crippen molar-refractivity contribution >= 4 is 22.5 Å². The van der Waals surface area contributed by atoms with Crippen molar-refractivity contribution in [2.24, 2.45) is 0 Å². The molecular formula is C23H22N6O. The van der Waals surface area contributed by atoms with Gasteiger partial charge in [-0.3, -0.25) is 19.9 Å². The molecule has 1 amide bonds. The summed E-state index contributed by atoms with van der Waals surface area (Å²) in [5.74, 6) is -0.120. The molecule has 3 aromatic heterocycles. The molecule has 0 aliphatic heterocycles. The van der Waals surface area contributed by atoms with E-state index in [0.717, 1.165) is 52.5 Å². The molecule has 0 radical (unpaired) electrons. The van der Waals surface area contributed by atoms with Crippen LogP contribution in [0, 0.1) is 0 Å². The Morgan fingerprint density at radius 3 is 2.83 bits per heavy atom. The number of nitrogens with zero attached hydrogens (tertiary/aromatic N) is 3. The largest absolute Gasteiger partial charge is 0.381 e. The molecule has 0 atom stereocenters. The number of aromatic amines is 1. The number of nitrogens with one attached hydrogen (secondary N) is 3. The van der Waals surface area contributed by atoms with E-state index in [1.165, 1.54) is 0 Å². The SMILES string of the molecule is O=C(NCCc1cccnc1)c1cnc2ccc(-c3cn[nH]c3)cc2c1NC1CC1. The second-order valence-corrected chi connectivity index (χ2v) is 7.55. The third-order valence-electron chi connectivity index (χ3n) is 5.29. The highest BCUT2D eigenvalue weighted by Crippen LogP contribution is 2.34. The van der Waals surface area contributed by atoms with Crippen molar-refractivity contribution in [2.45, 2.75) is 25.3 Å². The fraction of sp³-hybridized carbons (Fsp3) is 0.217. The van der Waals surface area contributed by atoms with Crippen LogP contribution in [0.15, 0.2) is 61.3 Å². The molecule has 1 aromatic carbocycles. The Morgan fingerprint density at radius 1 is 1.13 bits per heavy atom. The van der Waals surface area contributed by atoms with Crippen molar-refractivity contribution < 1.29 is 4.79 Å². The quantitative estimate of drug-likeness (QED) is 0.442. The summed E-state index contributed by atoms with van der Waals surface area (Å²) < 4.78 is 0. The van der Waals surface area contributed by atoms with Gasteiger partial charge in [0.25, 0.3) is 5.91 Å². The molecule has 0 bridgehead atoms. The van der Waals surface area contributed by atoms with Gasteiger partial charge in [0.05, 0.1) is 23.0 Å². The van der Waals surface area contributed by atoms with Gasteiger partial charge in [-0.05, 0) is 48.6 Å². The molecule has 7 heteroatoms. The van der Waals surface area contributed by atoms with Crippen LogP contribution >= 0.6 is 0 Å². The lowest BCUT2D eigenvalue weighted by Gasteiger charge is -2.15. The lowest BCUT2D eigenvalue weighted by molar-refractivity contribution is 0.0954. The van der Waals surface area contributed by atoms with E-state index < -0.39 is 0 Å². The Kier molecular flexibility index (Phi) is 4.85. The second-order valence-electron chi connectivity index (χ2n) is 7.55. The molecule has 1 fully saturated rings. The molecule has 150 valence electrons. The van der Waals surface area contributed by atoms with Crippen molar-refractivity contribution in [3.05, 3.63) is 72.4 Å². The average Bonchev–Trinajstić information content (AvgIpc) is 3.43. The van der Waals surface area contributed by atoms with Crippen LogP contribution in [0.4, 0.5) is 5.69 Å². The zero-order valence-corrected chi connectivity index (χ0v) is 16.4. The maximum atomic E-state index is 13.0. The van der Waals surface area contributed by atoms with Gasteiger partial charge in [-0.2, -0.15) is 5.10 Å². The van der Waals surface area contributed by atoms with Crippen molar-refractivity contribution in [1.82, 2.24) is 25.5 Å². The van der Waals surface area contributed by atoms with Crippen LogP contribution in [-0.4, -0.2) is 38.7 Å². The minimum Gasteiger partial charge on any atom is -0.381 e. The molecule has 30 heavy (non-hydrogen) atoms. The Balaban J connectivity index is 1.44. The maximum Gasteiger partial charge on any atom is 0.254 e. The number of fused-ring (bicyclic) bond motifs is 1. The predicted octanol–water partition coefficient (Wildman–Crippen LogP) is 3.57. The maximum absolute atomic E-state index is 13.0. The lowest BCUT2D eigenvalue weighted by atomic mass is 10.0. The Hall–Kier alpha value is -3.74. The fourth-order valence-corrected chi connectivity index (χ4v) is 3.50. The lowest BCUT2D eigenvalue weighted by Crippen LogP contribution is -2.27. The van der Waals surface area contributed by atoms with Gasteiger partial charge < -0.3 is 10.6 Å². The molecule has 5 rings (SSSR count). The third kappa shape index (κ3) is 3.87. The van der Waals surface area contributed by atoms with E-state index in [9.17, 15) is 4.79 Å². The van der Waals surface area contributed by atoms with Crippen LogP contribution in [0.3, 0.4) is 0 Å². The molecule has 7 nitrogen and oxygen atoms in total. The number of benzene rings is 1. The first-order valence-electron chi connectivity index (χ1n) is 10.1. The summed E-state index contributed by atoms with van der Waals surface area (Å²) in [6.07, 6.45) is 11.9. The van der Waals surface area contributed by atoms with Gasteiger partial charge in [0.15, 0.2) is 0 Å². The third-order valence-corrected chi connectivity index (χ3v) is 5.29. The number of carbonyl (C=O) groups is 1. The molecular weight excluding hydrogens is 376 g/mol. The van der Waals surface area contributed by atoms with Crippen LogP contribution in [0.25, 0.3) is 22.0 Å². The van der Waals surface area contributed by atoms with Crippen molar-refractivity contribution in [2.75, 3.05) is 11.9 Å². The number of hydrogen-bond acceptors (Lipinski definition) is 5. The van der Waals surface area contributed by atoms with Crippen molar-refractivity contribution in [3.8, 4) is 11.1 Å². The van der Waals surface area contributed by atoms with E-state index in [0.29, 0.717) is 18.2 Å². The average molecular weight is 398 g/mol. The number of rotatable bonds is 7. The van der Waals surface area contributed by atoms with Crippen LogP contribution in [0.1, 0.15) is 28.8 Å². The van der Waals surface area contributed by atoms with Crippen LogP contribution in [0.5, 0.6) is 0 Å². The summed E-state index contributed by atoms with van der Waals surface area (Å²) in [7, 11) is 0. The van der Waals surface area contributed by atoms with Crippen LogP contribution in [-0.2, 0) is 6.42 Å². The first-order chi connectivity index (χ1) is 14.8. The van der Waals surface area contributed by atoms with Gasteiger partial charge in [0, 0.05) is 48.3 Å². The molecule has 0 unspecified atom stereocenters. The predicted molar refractivity (Wildman–Crippen MR) is 116 cm³/mol. The minimum atomic E-state index is -0.120. The number of anilines is 1. The Bertz CT molecular complexity index is 1170. The first kappa shape index (κ1) is 18.3. The summed E-state index contributed by atoms with van der Waals surface area (Å²) in [6.45, 7) is 0.542. The monoisotopic (exact) mass is 398 g/mol. The normalized spacial score (nSPS) is 13.3. The number of pyridine rings is 2. The van der Waals surface area contributed by atoms with E-state index in [1.807, 2.05) is 36.7 Å². The van der Waals surface area contributed by atoms with Gasteiger partial charge >= 0.3 is 0 Å². The summed E-state index contributed by atoms with van der Waals surface area (Å²) >= 11 is 0. The topological polar surface area (TPSA) is 95.6 Å². The minimum absolute atomic E-state index is 0.120. The van der Waals surface area contributed by atoms with E-state index in [-0.39, 0.29) is 5.91 Å². The summed E-state index contributed by atoms with van der Waals surface area (Å²) in [4.78, 5) is 21.7. The molecule has 1 aliphatic carbocycles. The first-order valence-corrected chi connectivity index (χ1v) is 10.1. The number of hydrogen-bond donors (Lipinski definition) is 3. The Morgan fingerprint density at radius 2 is 2.07 bits per heavy atom. The molecule has 1 aliphatic rings. The zero-order chi connectivity index (χ0) is 20.3. The van der Waals surface area contributed by atoms with Crippen molar-refractivity contribution in [3.63, 3.8) is 0 Å². The van der Waals surface area contributed by atoms with Gasteiger partial charge in [-0.15, -0.1) is 0 Å². The van der Waals surface area contributed by atoms with Gasteiger partial charge in [0.1, 0.15) is 0 Å². The highest BCUT2D eigenvalue weighted by molar-refractivity contribution is 6.08. The number of carbonyl (C=O) groups excluding carboxylic acids is 1. The van der Waals surface area contributed by atoms with E-state index in [1.54, 1.807) is 18.6 Å². The summed E-state index contributed by atoms with van der Waals surface area (Å²) in [6, 6.07) is 10.4. The summed E-state index contributed by atoms with van der Waals surface area (Å²) in [5.41, 5.74) is 5.41. The van der Waals surface area contributed by atoms with Crippen LogP contribution < -0.4 is 10.6 Å². The van der Waals surface area contributed by atoms with Crippen LogP contribution in [0.2, 0.25) is 0 Å². The standard InChI is InChI=1S/C23H22N6O/c30-23(25-9-7-15-2-1-8-24-11-15)20-14-26-21-6-3-16(17-12-27-28-13-17)10-19(21)22(20)29-18-4-5-18/h1-3,6,8,10-14,18H,4-5,7,9H2,(H,25,30)(H,26,29)(H,27,28). The molecule has 3 heterocycles. The highest BCUT2D eigenvalue weighted by Gasteiger charge is 2.25. The molecule has 3 N–H and O–H groups in total. The van der Waals surface area contributed by atoms with E-state index >= 15 is 0 Å². The molecule has 4 aromatic rings.